The van der Waals surface area contributed by atoms with E-state index in [9.17, 15) is 0 Å². The van der Waals surface area contributed by atoms with E-state index in [1.165, 1.54) is 27.8 Å². The zero-order valence-electron chi connectivity index (χ0n) is 18.7. The largest absolute Gasteiger partial charge is 0.357 e. The van der Waals surface area contributed by atoms with E-state index < -0.39 is 0 Å². The summed E-state index contributed by atoms with van der Waals surface area (Å²) in [5.74, 6) is 0.814. The summed E-state index contributed by atoms with van der Waals surface area (Å²) in [6, 6.07) is 27.4. The average Bonchev–Trinajstić information content (AvgIpc) is 3.35. The van der Waals surface area contributed by atoms with E-state index in [0.717, 1.165) is 12.5 Å². The third kappa shape index (κ3) is 7.15. The van der Waals surface area contributed by atoms with Crippen molar-refractivity contribution in [3.8, 4) is 11.1 Å². The minimum Gasteiger partial charge on any atom is -0.357 e. The van der Waals surface area contributed by atoms with E-state index >= 15 is 0 Å². The quantitative estimate of drug-likeness (QED) is 0.186. The molecule has 1 aromatic heterocycles. The number of benzene rings is 3. The molecule has 2 N–H and O–H groups in total. The van der Waals surface area contributed by atoms with Crippen LogP contribution in [0.15, 0.2) is 96.5 Å². The van der Waals surface area contributed by atoms with Crippen LogP contribution in [0.4, 0.5) is 0 Å². The van der Waals surface area contributed by atoms with E-state index in [-0.39, 0.29) is 24.0 Å². The first kappa shape index (κ1) is 24.4. The molecule has 0 unspecified atom stereocenters. The molecule has 4 aromatic rings. The van der Waals surface area contributed by atoms with Crippen molar-refractivity contribution in [1.82, 2.24) is 25.4 Å². The van der Waals surface area contributed by atoms with E-state index in [0.29, 0.717) is 19.6 Å². The highest BCUT2D eigenvalue weighted by molar-refractivity contribution is 14.0. The van der Waals surface area contributed by atoms with Crippen LogP contribution < -0.4 is 10.6 Å². The van der Waals surface area contributed by atoms with Crippen molar-refractivity contribution in [2.24, 2.45) is 4.99 Å². The fourth-order valence-corrected chi connectivity index (χ4v) is 3.52. The lowest BCUT2D eigenvalue weighted by Crippen LogP contribution is -2.36. The summed E-state index contributed by atoms with van der Waals surface area (Å²) < 4.78 is 1.82. The second-order valence-electron chi connectivity index (χ2n) is 7.48. The monoisotopic (exact) mass is 552 g/mol. The van der Waals surface area contributed by atoms with Gasteiger partial charge in [0.25, 0.3) is 0 Å². The third-order valence-electron chi connectivity index (χ3n) is 5.15. The molecule has 33 heavy (non-hydrogen) atoms. The normalized spacial score (nSPS) is 11.0. The molecule has 3 aromatic carbocycles. The number of nitrogens with zero attached hydrogens (tertiary/aromatic N) is 4. The Bertz CT molecular complexity index is 1130. The van der Waals surface area contributed by atoms with Gasteiger partial charge in [-0.3, -0.25) is 0 Å². The minimum absolute atomic E-state index is 0. The van der Waals surface area contributed by atoms with Crippen LogP contribution >= 0.6 is 24.0 Å². The Hall–Kier alpha value is -3.20. The van der Waals surface area contributed by atoms with Gasteiger partial charge in [-0.05, 0) is 34.7 Å². The molecule has 0 bridgehead atoms. The highest BCUT2D eigenvalue weighted by Crippen LogP contribution is 2.24. The van der Waals surface area contributed by atoms with Gasteiger partial charge < -0.3 is 10.6 Å². The van der Waals surface area contributed by atoms with E-state index in [1.807, 2.05) is 22.9 Å². The summed E-state index contributed by atoms with van der Waals surface area (Å²) in [6.07, 6.45) is 3.29. The zero-order valence-corrected chi connectivity index (χ0v) is 21.0. The fraction of sp³-hybridized carbons (Fsp3) is 0.192. The molecule has 7 heteroatoms. The van der Waals surface area contributed by atoms with Crippen LogP contribution in [0.3, 0.4) is 0 Å². The summed E-state index contributed by atoms with van der Waals surface area (Å²) in [5, 5.41) is 11.0. The molecule has 0 spiro atoms. The van der Waals surface area contributed by atoms with Crippen molar-refractivity contribution in [2.45, 2.75) is 26.6 Å². The lowest BCUT2D eigenvalue weighted by molar-refractivity contribution is 0.685. The Morgan fingerprint density at radius 3 is 2.36 bits per heavy atom. The van der Waals surface area contributed by atoms with Crippen LogP contribution in [0, 0.1) is 0 Å². The Balaban J connectivity index is 0.00000306. The predicted molar refractivity (Wildman–Crippen MR) is 145 cm³/mol. The second kappa shape index (κ2) is 12.7. The van der Waals surface area contributed by atoms with E-state index in [4.69, 9.17) is 4.99 Å². The topological polar surface area (TPSA) is 67.1 Å². The van der Waals surface area contributed by atoms with E-state index in [2.05, 4.69) is 88.3 Å². The summed E-state index contributed by atoms with van der Waals surface area (Å²) in [4.78, 5) is 8.73. The van der Waals surface area contributed by atoms with Gasteiger partial charge >= 0.3 is 0 Å². The first-order chi connectivity index (χ1) is 15.8. The number of rotatable bonds is 8. The minimum atomic E-state index is 0. The van der Waals surface area contributed by atoms with Crippen LogP contribution in [-0.2, 0) is 19.6 Å². The van der Waals surface area contributed by atoms with Crippen LogP contribution in [0.2, 0.25) is 0 Å². The highest BCUT2D eigenvalue weighted by atomic mass is 127. The first-order valence-corrected chi connectivity index (χ1v) is 10.9. The van der Waals surface area contributed by atoms with Gasteiger partial charge in [0.2, 0.25) is 0 Å². The molecule has 0 amide bonds. The van der Waals surface area contributed by atoms with Gasteiger partial charge in [-0.15, -0.1) is 24.0 Å². The van der Waals surface area contributed by atoms with Crippen LogP contribution in [-0.4, -0.2) is 27.3 Å². The van der Waals surface area contributed by atoms with Crippen molar-refractivity contribution in [1.29, 1.82) is 0 Å². The molecule has 0 aliphatic heterocycles. The average molecular weight is 552 g/mol. The summed E-state index contributed by atoms with van der Waals surface area (Å²) >= 11 is 0. The number of hydrogen-bond donors (Lipinski definition) is 2. The van der Waals surface area contributed by atoms with Gasteiger partial charge in [0, 0.05) is 13.1 Å². The molecule has 170 valence electrons. The lowest BCUT2D eigenvalue weighted by Gasteiger charge is -2.14. The maximum atomic E-state index is 4.73. The van der Waals surface area contributed by atoms with Crippen molar-refractivity contribution in [3.05, 3.63) is 108 Å². The second-order valence-corrected chi connectivity index (χ2v) is 7.48. The molecular formula is C26H29IN6. The molecular weight excluding hydrogens is 523 g/mol. The standard InChI is InChI=1S/C26H28N6.HI/c1-2-28-26(29-16-21-8-4-3-5-9-21)30-17-24-10-6-7-11-25(24)23-14-12-22(13-15-23)18-32-20-27-19-31-32;/h3-15,19-20H,2,16-18H2,1H3,(H2,28,29,30);1H. The van der Waals surface area contributed by atoms with Crippen molar-refractivity contribution in [2.75, 3.05) is 6.54 Å². The third-order valence-corrected chi connectivity index (χ3v) is 5.15. The number of hydrogen-bond acceptors (Lipinski definition) is 3. The number of aromatic nitrogens is 3. The maximum Gasteiger partial charge on any atom is 0.191 e. The molecule has 0 fully saturated rings. The number of halogens is 1. The molecule has 0 atom stereocenters. The smallest absolute Gasteiger partial charge is 0.191 e. The number of nitrogens with one attached hydrogen (secondary N) is 2. The number of guanidine groups is 1. The summed E-state index contributed by atoms with van der Waals surface area (Å²) in [7, 11) is 0. The van der Waals surface area contributed by atoms with Crippen LogP contribution in [0.1, 0.15) is 23.6 Å². The zero-order chi connectivity index (χ0) is 22.0. The van der Waals surface area contributed by atoms with Gasteiger partial charge in [-0.2, -0.15) is 5.10 Å². The Morgan fingerprint density at radius 1 is 0.879 bits per heavy atom. The van der Waals surface area contributed by atoms with Gasteiger partial charge in [0.1, 0.15) is 12.7 Å². The van der Waals surface area contributed by atoms with Crippen molar-refractivity contribution >= 4 is 29.9 Å². The molecule has 6 nitrogen and oxygen atoms in total. The molecule has 4 rings (SSSR count). The first-order valence-electron chi connectivity index (χ1n) is 10.9. The molecule has 0 saturated heterocycles. The van der Waals surface area contributed by atoms with Gasteiger partial charge in [0.15, 0.2) is 5.96 Å². The highest BCUT2D eigenvalue weighted by Gasteiger charge is 2.07. The van der Waals surface area contributed by atoms with Crippen LogP contribution in [0.25, 0.3) is 11.1 Å². The summed E-state index contributed by atoms with van der Waals surface area (Å²) in [6.45, 7) is 4.94. The van der Waals surface area contributed by atoms with Crippen molar-refractivity contribution < 1.29 is 0 Å². The van der Waals surface area contributed by atoms with Crippen molar-refractivity contribution in [3.63, 3.8) is 0 Å². The van der Waals surface area contributed by atoms with Gasteiger partial charge in [-0.25, -0.2) is 14.7 Å². The molecule has 0 saturated carbocycles. The predicted octanol–water partition coefficient (Wildman–Crippen LogP) is 4.87. The Morgan fingerprint density at radius 2 is 1.64 bits per heavy atom. The van der Waals surface area contributed by atoms with Gasteiger partial charge in [0.05, 0.1) is 13.1 Å². The SMILES string of the molecule is CCNC(=NCc1ccccc1)NCc1ccccc1-c1ccc(Cn2cncn2)cc1.I. The Labute approximate surface area is 212 Å². The van der Waals surface area contributed by atoms with E-state index in [1.54, 1.807) is 12.7 Å². The lowest BCUT2D eigenvalue weighted by atomic mass is 9.98. The molecule has 0 radical (unpaired) electrons. The van der Waals surface area contributed by atoms with Crippen LogP contribution in [0.5, 0.6) is 0 Å². The molecule has 0 aliphatic rings. The molecule has 1 heterocycles. The molecule has 0 aliphatic carbocycles. The summed E-state index contributed by atoms with van der Waals surface area (Å²) in [5.41, 5.74) is 6.01. The number of aliphatic imine (C=N–C) groups is 1. The fourth-order valence-electron chi connectivity index (χ4n) is 3.52. The Kier molecular flexibility index (Phi) is 9.44. The van der Waals surface area contributed by atoms with Gasteiger partial charge in [-0.1, -0.05) is 78.9 Å². The maximum absolute atomic E-state index is 4.73.